The largest absolute Gasteiger partial charge is 0.356 e. The van der Waals surface area contributed by atoms with Crippen LogP contribution in [0.25, 0.3) is 6.08 Å². The Balaban J connectivity index is 1.43. The maximum atomic E-state index is 13.7. The summed E-state index contributed by atoms with van der Waals surface area (Å²) >= 11 is 0. The predicted octanol–water partition coefficient (Wildman–Crippen LogP) is 4.80. The van der Waals surface area contributed by atoms with E-state index in [1.165, 1.54) is 30.9 Å². The van der Waals surface area contributed by atoms with Gasteiger partial charge in [-0.15, -0.1) is 0 Å². The minimum atomic E-state index is -0.595. The van der Waals surface area contributed by atoms with Crippen LogP contribution in [0.2, 0.25) is 0 Å². The molecule has 2 aromatic rings. The van der Waals surface area contributed by atoms with Gasteiger partial charge in [-0.3, -0.25) is 14.4 Å². The van der Waals surface area contributed by atoms with E-state index < -0.39 is 6.04 Å². The summed E-state index contributed by atoms with van der Waals surface area (Å²) in [6, 6.07) is 19.1. The number of rotatable bonds is 12. The van der Waals surface area contributed by atoms with E-state index in [1.54, 1.807) is 6.08 Å². The molecule has 1 saturated heterocycles. The lowest BCUT2D eigenvalue weighted by Crippen LogP contribution is -2.50. The van der Waals surface area contributed by atoms with Crippen LogP contribution < -0.4 is 16.0 Å². The molecule has 202 valence electrons. The third-order valence-electron chi connectivity index (χ3n) is 7.86. The van der Waals surface area contributed by atoms with Crippen molar-refractivity contribution in [2.24, 2.45) is 11.8 Å². The third-order valence-corrected chi connectivity index (χ3v) is 7.86. The molecule has 0 aromatic heterocycles. The molecule has 0 radical (unpaired) electrons. The first-order valence-electron chi connectivity index (χ1n) is 14.2. The Morgan fingerprint density at radius 1 is 0.895 bits per heavy atom. The van der Waals surface area contributed by atoms with E-state index in [0.717, 1.165) is 37.7 Å². The van der Waals surface area contributed by atoms with Gasteiger partial charge < -0.3 is 16.0 Å². The van der Waals surface area contributed by atoms with Crippen molar-refractivity contribution in [2.75, 3.05) is 6.54 Å². The Morgan fingerprint density at radius 2 is 1.61 bits per heavy atom. The average molecular weight is 516 g/mol. The zero-order valence-electron chi connectivity index (χ0n) is 22.2. The van der Waals surface area contributed by atoms with Crippen molar-refractivity contribution >= 4 is 23.8 Å². The van der Waals surface area contributed by atoms with Crippen LogP contribution in [0.3, 0.4) is 0 Å². The lowest BCUT2D eigenvalue weighted by atomic mass is 9.84. The zero-order valence-corrected chi connectivity index (χ0v) is 22.2. The smallest absolute Gasteiger partial charge is 0.244 e. The normalized spacial score (nSPS) is 19.6. The van der Waals surface area contributed by atoms with Gasteiger partial charge in [0, 0.05) is 24.6 Å². The van der Waals surface area contributed by atoms with Crippen molar-refractivity contribution in [3.63, 3.8) is 0 Å². The van der Waals surface area contributed by atoms with Crippen molar-refractivity contribution in [1.82, 2.24) is 16.0 Å². The SMILES string of the molecule is O=C(C=Cc1ccccc1)N[C@@H](CC1CCCCC1)C(=O)N[C@@H](CCc1ccccc1)C[C@@H]1CCNC1=O. The highest BCUT2D eigenvalue weighted by Crippen LogP contribution is 2.28. The first-order chi connectivity index (χ1) is 18.6. The van der Waals surface area contributed by atoms with E-state index in [4.69, 9.17) is 0 Å². The molecule has 1 aliphatic heterocycles. The summed E-state index contributed by atoms with van der Waals surface area (Å²) in [7, 11) is 0. The van der Waals surface area contributed by atoms with Gasteiger partial charge in [0.25, 0.3) is 0 Å². The first kappa shape index (κ1) is 27.6. The van der Waals surface area contributed by atoms with Crippen molar-refractivity contribution in [3.05, 3.63) is 77.9 Å². The number of carbonyl (C=O) groups is 3. The van der Waals surface area contributed by atoms with Crippen LogP contribution in [0.4, 0.5) is 0 Å². The van der Waals surface area contributed by atoms with Crippen molar-refractivity contribution in [2.45, 2.75) is 76.3 Å². The summed E-state index contributed by atoms with van der Waals surface area (Å²) < 4.78 is 0. The Kier molecular flexibility index (Phi) is 10.5. The number of carbonyl (C=O) groups excluding carboxylic acids is 3. The van der Waals surface area contributed by atoms with E-state index in [2.05, 4.69) is 28.1 Å². The van der Waals surface area contributed by atoms with Gasteiger partial charge in [0.2, 0.25) is 17.7 Å². The molecule has 4 rings (SSSR count). The number of nitrogens with one attached hydrogen (secondary N) is 3. The number of hydrogen-bond acceptors (Lipinski definition) is 3. The molecule has 0 bridgehead atoms. The van der Waals surface area contributed by atoms with Crippen molar-refractivity contribution < 1.29 is 14.4 Å². The van der Waals surface area contributed by atoms with Gasteiger partial charge in [-0.2, -0.15) is 0 Å². The van der Waals surface area contributed by atoms with Crippen molar-refractivity contribution in [3.8, 4) is 0 Å². The summed E-state index contributed by atoms with van der Waals surface area (Å²) in [5.74, 6) is 0.00827. The molecule has 3 atom stereocenters. The second kappa shape index (κ2) is 14.5. The summed E-state index contributed by atoms with van der Waals surface area (Å²) in [4.78, 5) is 38.8. The fourth-order valence-corrected chi connectivity index (χ4v) is 5.69. The molecule has 2 aromatic carbocycles. The van der Waals surface area contributed by atoms with Gasteiger partial charge in [0.05, 0.1) is 0 Å². The number of benzene rings is 2. The molecule has 2 aliphatic rings. The second-order valence-corrected chi connectivity index (χ2v) is 10.8. The number of aryl methyl sites for hydroxylation is 1. The molecule has 1 heterocycles. The maximum Gasteiger partial charge on any atom is 0.244 e. The van der Waals surface area contributed by atoms with E-state index >= 15 is 0 Å². The standard InChI is InChI=1S/C32H41N3O3/c36-30(19-17-25-12-6-2-7-13-25)35-29(22-26-14-8-3-9-15-26)32(38)34-28(23-27-20-21-33-31(27)37)18-16-24-10-4-1-5-11-24/h1-2,4-7,10-13,17,19,26-29H,3,8-9,14-16,18,20-23H2,(H,33,37)(H,34,38)(H,35,36)/t27-,28-,29-/m0/s1. The predicted molar refractivity (Wildman–Crippen MR) is 151 cm³/mol. The van der Waals surface area contributed by atoms with Gasteiger partial charge in [0.1, 0.15) is 6.04 Å². The molecule has 3 amide bonds. The van der Waals surface area contributed by atoms with E-state index in [1.807, 2.05) is 48.5 Å². The van der Waals surface area contributed by atoms with E-state index in [-0.39, 0.29) is 29.7 Å². The van der Waals surface area contributed by atoms with Crippen LogP contribution in [0.1, 0.15) is 68.9 Å². The van der Waals surface area contributed by atoms with Gasteiger partial charge in [0.15, 0.2) is 0 Å². The van der Waals surface area contributed by atoms with Crippen LogP contribution in [-0.4, -0.2) is 36.3 Å². The third kappa shape index (κ3) is 8.86. The molecule has 3 N–H and O–H groups in total. The topological polar surface area (TPSA) is 87.3 Å². The highest BCUT2D eigenvalue weighted by molar-refractivity contribution is 5.95. The zero-order chi connectivity index (χ0) is 26.6. The summed E-state index contributed by atoms with van der Waals surface area (Å²) in [6.07, 6.45) is 12.7. The molecule has 0 unspecified atom stereocenters. The highest BCUT2D eigenvalue weighted by Gasteiger charge is 2.31. The molecule has 2 fully saturated rings. The van der Waals surface area contributed by atoms with Crippen LogP contribution >= 0.6 is 0 Å². The minimum Gasteiger partial charge on any atom is -0.356 e. The number of hydrogen-bond donors (Lipinski definition) is 3. The Morgan fingerprint density at radius 3 is 2.29 bits per heavy atom. The van der Waals surface area contributed by atoms with Gasteiger partial charge >= 0.3 is 0 Å². The Labute approximate surface area is 226 Å². The van der Waals surface area contributed by atoms with E-state index in [0.29, 0.717) is 25.3 Å². The minimum absolute atomic E-state index is 0.0714. The molecule has 1 saturated carbocycles. The summed E-state index contributed by atoms with van der Waals surface area (Å²) in [5, 5.41) is 9.16. The molecular formula is C32H41N3O3. The summed E-state index contributed by atoms with van der Waals surface area (Å²) in [5.41, 5.74) is 2.15. The molecule has 38 heavy (non-hydrogen) atoms. The van der Waals surface area contributed by atoms with Crippen LogP contribution in [0, 0.1) is 11.8 Å². The maximum absolute atomic E-state index is 13.7. The first-order valence-corrected chi connectivity index (χ1v) is 14.2. The Bertz CT molecular complexity index is 1060. The molecular weight excluding hydrogens is 474 g/mol. The monoisotopic (exact) mass is 515 g/mol. The van der Waals surface area contributed by atoms with Gasteiger partial charge in [-0.1, -0.05) is 92.8 Å². The molecule has 6 nitrogen and oxygen atoms in total. The van der Waals surface area contributed by atoms with E-state index in [9.17, 15) is 14.4 Å². The highest BCUT2D eigenvalue weighted by atomic mass is 16.2. The van der Waals surface area contributed by atoms with Gasteiger partial charge in [-0.25, -0.2) is 0 Å². The molecule has 1 aliphatic carbocycles. The molecule has 0 spiro atoms. The fourth-order valence-electron chi connectivity index (χ4n) is 5.69. The number of amides is 3. The van der Waals surface area contributed by atoms with Crippen LogP contribution in [-0.2, 0) is 20.8 Å². The lowest BCUT2D eigenvalue weighted by molar-refractivity contribution is -0.128. The van der Waals surface area contributed by atoms with Crippen LogP contribution in [0.5, 0.6) is 0 Å². The van der Waals surface area contributed by atoms with Crippen molar-refractivity contribution in [1.29, 1.82) is 0 Å². The summed E-state index contributed by atoms with van der Waals surface area (Å²) in [6.45, 7) is 0.691. The van der Waals surface area contributed by atoms with Crippen LogP contribution in [0.15, 0.2) is 66.7 Å². The fraction of sp³-hybridized carbons (Fsp3) is 0.469. The Hall–Kier alpha value is -3.41. The lowest BCUT2D eigenvalue weighted by Gasteiger charge is -2.28. The quantitative estimate of drug-likeness (QED) is 0.355. The van der Waals surface area contributed by atoms with Gasteiger partial charge in [-0.05, 0) is 55.2 Å². The average Bonchev–Trinajstić information content (AvgIpc) is 3.35. The molecule has 6 heteroatoms. The second-order valence-electron chi connectivity index (χ2n) is 10.8.